The fourth-order valence-electron chi connectivity index (χ4n) is 1.12. The van der Waals surface area contributed by atoms with Crippen LogP contribution in [0, 0.1) is 6.92 Å². The van der Waals surface area contributed by atoms with E-state index < -0.39 is 0 Å². The van der Waals surface area contributed by atoms with E-state index in [0.29, 0.717) is 6.54 Å². The van der Waals surface area contributed by atoms with E-state index in [1.165, 1.54) is 0 Å². The highest BCUT2D eigenvalue weighted by Gasteiger charge is 1.96. The lowest BCUT2D eigenvalue weighted by Gasteiger charge is -2.02. The molecule has 0 atom stereocenters. The van der Waals surface area contributed by atoms with Crippen molar-refractivity contribution in [2.75, 3.05) is 5.32 Å². The van der Waals surface area contributed by atoms with E-state index in [4.69, 9.17) is 0 Å². The zero-order valence-corrected chi connectivity index (χ0v) is 7.86. The second-order valence-corrected chi connectivity index (χ2v) is 3.05. The number of anilines is 1. The molecule has 5 heteroatoms. The Hall–Kier alpha value is -1.91. The van der Waals surface area contributed by atoms with Crippen LogP contribution in [-0.2, 0) is 6.54 Å². The standard InChI is InChI=1S/C9H11N5/c1-7-2-9(14-13-3-7)11-5-8-4-10-6-12-8/h2-4,6H,5H2,1H3,(H,10,12)(H,11,14). The van der Waals surface area contributed by atoms with Gasteiger partial charge in [-0.1, -0.05) is 0 Å². The molecule has 0 saturated heterocycles. The molecule has 0 fully saturated rings. The second-order valence-electron chi connectivity index (χ2n) is 3.05. The zero-order chi connectivity index (χ0) is 9.80. The zero-order valence-electron chi connectivity index (χ0n) is 7.86. The highest BCUT2D eigenvalue weighted by atomic mass is 15.2. The normalized spacial score (nSPS) is 10.1. The quantitative estimate of drug-likeness (QED) is 0.759. The van der Waals surface area contributed by atoms with Crippen LogP contribution in [0.15, 0.2) is 24.8 Å². The molecule has 2 N–H and O–H groups in total. The molecule has 2 heterocycles. The topological polar surface area (TPSA) is 66.5 Å². The Morgan fingerprint density at radius 3 is 3.07 bits per heavy atom. The molecule has 5 nitrogen and oxygen atoms in total. The molecule has 0 radical (unpaired) electrons. The van der Waals surface area contributed by atoms with Gasteiger partial charge in [-0.05, 0) is 18.6 Å². The van der Waals surface area contributed by atoms with Gasteiger partial charge < -0.3 is 10.3 Å². The van der Waals surface area contributed by atoms with E-state index >= 15 is 0 Å². The van der Waals surface area contributed by atoms with Crippen LogP contribution in [0.4, 0.5) is 5.82 Å². The number of hydrogen-bond donors (Lipinski definition) is 2. The minimum Gasteiger partial charge on any atom is -0.363 e. The number of nitrogens with zero attached hydrogens (tertiary/aromatic N) is 3. The van der Waals surface area contributed by atoms with Crippen LogP contribution in [0.1, 0.15) is 11.3 Å². The van der Waals surface area contributed by atoms with E-state index in [1.54, 1.807) is 18.7 Å². The van der Waals surface area contributed by atoms with Crippen molar-refractivity contribution >= 4 is 5.82 Å². The summed E-state index contributed by atoms with van der Waals surface area (Å²) in [4.78, 5) is 6.92. The number of rotatable bonds is 3. The summed E-state index contributed by atoms with van der Waals surface area (Å²) in [6.07, 6.45) is 5.15. The smallest absolute Gasteiger partial charge is 0.149 e. The van der Waals surface area contributed by atoms with E-state index in [1.807, 2.05) is 13.0 Å². The molecule has 0 aliphatic rings. The molecule has 2 rings (SSSR count). The van der Waals surface area contributed by atoms with Gasteiger partial charge in [-0.3, -0.25) is 0 Å². The lowest BCUT2D eigenvalue weighted by Crippen LogP contribution is -2.02. The summed E-state index contributed by atoms with van der Waals surface area (Å²) in [7, 11) is 0. The number of imidazole rings is 1. The largest absolute Gasteiger partial charge is 0.363 e. The van der Waals surface area contributed by atoms with Gasteiger partial charge in [0.2, 0.25) is 0 Å². The third-order valence-corrected chi connectivity index (χ3v) is 1.81. The van der Waals surface area contributed by atoms with Gasteiger partial charge in [-0.2, -0.15) is 5.10 Å². The monoisotopic (exact) mass is 189 g/mol. The van der Waals surface area contributed by atoms with E-state index in [0.717, 1.165) is 17.1 Å². The average Bonchev–Trinajstić information content (AvgIpc) is 2.67. The number of aromatic nitrogens is 4. The third kappa shape index (κ3) is 2.07. The number of nitrogens with one attached hydrogen (secondary N) is 2. The van der Waals surface area contributed by atoms with Crippen molar-refractivity contribution in [3.8, 4) is 0 Å². The lowest BCUT2D eigenvalue weighted by atomic mass is 10.3. The van der Waals surface area contributed by atoms with Crippen molar-refractivity contribution in [2.45, 2.75) is 13.5 Å². The van der Waals surface area contributed by atoms with Crippen molar-refractivity contribution < 1.29 is 0 Å². The first-order chi connectivity index (χ1) is 6.84. The van der Waals surface area contributed by atoms with Crippen molar-refractivity contribution in [3.05, 3.63) is 36.0 Å². The van der Waals surface area contributed by atoms with Gasteiger partial charge in [0.25, 0.3) is 0 Å². The Bertz CT molecular complexity index is 395. The maximum absolute atomic E-state index is 3.94. The maximum atomic E-state index is 3.94. The summed E-state index contributed by atoms with van der Waals surface area (Å²) >= 11 is 0. The Morgan fingerprint density at radius 2 is 2.36 bits per heavy atom. The SMILES string of the molecule is Cc1cnnc(NCc2cnc[nH]2)c1. The van der Waals surface area contributed by atoms with Crippen molar-refractivity contribution in [2.24, 2.45) is 0 Å². The molecule has 0 amide bonds. The highest BCUT2D eigenvalue weighted by molar-refractivity contribution is 5.35. The molecule has 0 spiro atoms. The molecule has 2 aromatic rings. The predicted octanol–water partition coefficient (Wildman–Crippen LogP) is 1.12. The van der Waals surface area contributed by atoms with Crippen LogP contribution in [0.25, 0.3) is 0 Å². The van der Waals surface area contributed by atoms with Crippen LogP contribution in [0.3, 0.4) is 0 Å². The van der Waals surface area contributed by atoms with Gasteiger partial charge >= 0.3 is 0 Å². The minimum atomic E-state index is 0.679. The highest BCUT2D eigenvalue weighted by Crippen LogP contribution is 2.04. The van der Waals surface area contributed by atoms with E-state index in [2.05, 4.69) is 25.5 Å². The molecule has 0 aromatic carbocycles. The first-order valence-electron chi connectivity index (χ1n) is 4.35. The van der Waals surface area contributed by atoms with Gasteiger partial charge in [-0.15, -0.1) is 5.10 Å². The summed E-state index contributed by atoms with van der Waals surface area (Å²) < 4.78 is 0. The first kappa shape index (κ1) is 8.68. The molecular weight excluding hydrogens is 178 g/mol. The Kier molecular flexibility index (Phi) is 2.40. The van der Waals surface area contributed by atoms with E-state index in [9.17, 15) is 0 Å². The lowest BCUT2D eigenvalue weighted by molar-refractivity contribution is 0.975. The van der Waals surface area contributed by atoms with E-state index in [-0.39, 0.29) is 0 Å². The molecule has 2 aromatic heterocycles. The third-order valence-electron chi connectivity index (χ3n) is 1.81. The molecule has 72 valence electrons. The number of aryl methyl sites for hydroxylation is 1. The van der Waals surface area contributed by atoms with Crippen LogP contribution in [0.2, 0.25) is 0 Å². The van der Waals surface area contributed by atoms with Gasteiger partial charge in [0, 0.05) is 6.20 Å². The summed E-state index contributed by atoms with van der Waals surface area (Å²) in [5.41, 5.74) is 2.11. The summed E-state index contributed by atoms with van der Waals surface area (Å²) in [6, 6.07) is 1.95. The van der Waals surface area contributed by atoms with Crippen LogP contribution in [-0.4, -0.2) is 20.2 Å². The van der Waals surface area contributed by atoms with Crippen molar-refractivity contribution in [1.29, 1.82) is 0 Å². The molecule has 0 unspecified atom stereocenters. The van der Waals surface area contributed by atoms with Gasteiger partial charge in [0.1, 0.15) is 5.82 Å². The molecule has 0 aliphatic carbocycles. The molecule has 14 heavy (non-hydrogen) atoms. The Labute approximate surface area is 81.6 Å². The fraction of sp³-hybridized carbons (Fsp3) is 0.222. The summed E-state index contributed by atoms with van der Waals surface area (Å²) in [5, 5.41) is 10.9. The molecular formula is C9H11N5. The Morgan fingerprint density at radius 1 is 1.43 bits per heavy atom. The second kappa shape index (κ2) is 3.87. The maximum Gasteiger partial charge on any atom is 0.149 e. The van der Waals surface area contributed by atoms with Gasteiger partial charge in [0.05, 0.1) is 24.8 Å². The number of H-pyrrole nitrogens is 1. The Balaban J connectivity index is 1.98. The number of aromatic amines is 1. The predicted molar refractivity (Wildman–Crippen MR) is 52.7 cm³/mol. The minimum absolute atomic E-state index is 0.679. The van der Waals surface area contributed by atoms with Crippen LogP contribution in [0.5, 0.6) is 0 Å². The summed E-state index contributed by atoms with van der Waals surface area (Å²) in [5.74, 6) is 0.777. The molecule has 0 aliphatic heterocycles. The number of hydrogen-bond acceptors (Lipinski definition) is 4. The van der Waals surface area contributed by atoms with Gasteiger partial charge in [-0.25, -0.2) is 4.98 Å². The molecule has 0 bridgehead atoms. The fourth-order valence-corrected chi connectivity index (χ4v) is 1.12. The van der Waals surface area contributed by atoms with Crippen LogP contribution < -0.4 is 5.32 Å². The van der Waals surface area contributed by atoms with Crippen molar-refractivity contribution in [1.82, 2.24) is 20.2 Å². The summed E-state index contributed by atoms with van der Waals surface area (Å²) in [6.45, 7) is 2.66. The average molecular weight is 189 g/mol. The van der Waals surface area contributed by atoms with Crippen LogP contribution >= 0.6 is 0 Å². The first-order valence-corrected chi connectivity index (χ1v) is 4.35. The van der Waals surface area contributed by atoms with Crippen molar-refractivity contribution in [3.63, 3.8) is 0 Å². The molecule has 0 saturated carbocycles. The van der Waals surface area contributed by atoms with Gasteiger partial charge in [0.15, 0.2) is 0 Å².